The summed E-state index contributed by atoms with van der Waals surface area (Å²) in [6, 6.07) is 0. The Kier molecular flexibility index (Phi) is 6.38. The predicted molar refractivity (Wildman–Crippen MR) is 64.5 cm³/mol. The molecule has 0 aromatic heterocycles. The lowest BCUT2D eigenvalue weighted by molar-refractivity contribution is 0.356. The van der Waals surface area contributed by atoms with Gasteiger partial charge in [0.05, 0.1) is 0 Å². The molecule has 0 saturated heterocycles. The first-order valence-electron chi connectivity index (χ1n) is 6.46. The van der Waals surface area contributed by atoms with Crippen molar-refractivity contribution >= 4 is 0 Å². The maximum atomic E-state index is 12.7. The summed E-state index contributed by atoms with van der Waals surface area (Å²) >= 11 is 0. The third-order valence-electron chi connectivity index (χ3n) is 3.33. The van der Waals surface area contributed by atoms with Gasteiger partial charge in [0, 0.05) is 6.42 Å². The van der Waals surface area contributed by atoms with Gasteiger partial charge in [0.1, 0.15) is 0 Å². The van der Waals surface area contributed by atoms with Crippen LogP contribution in [-0.2, 0) is 0 Å². The Labute approximate surface area is 102 Å². The molecule has 1 unspecified atom stereocenters. The zero-order chi connectivity index (χ0) is 12.7. The first-order valence-corrected chi connectivity index (χ1v) is 6.46. The molecule has 0 aromatic carbocycles. The van der Waals surface area contributed by atoms with Gasteiger partial charge in [0.25, 0.3) is 0 Å². The minimum absolute atomic E-state index is 0.0589. The average Bonchev–Trinajstić information content (AvgIpc) is 2.30. The highest BCUT2D eigenvalue weighted by Crippen LogP contribution is 2.26. The van der Waals surface area contributed by atoms with Crippen molar-refractivity contribution in [3.8, 4) is 0 Å². The predicted octanol–water partition coefficient (Wildman–Crippen LogP) is 5.62. The van der Waals surface area contributed by atoms with Crippen molar-refractivity contribution in [1.82, 2.24) is 0 Å². The van der Waals surface area contributed by atoms with Crippen LogP contribution in [0.25, 0.3) is 0 Å². The van der Waals surface area contributed by atoms with E-state index in [1.165, 1.54) is 32.1 Å². The van der Waals surface area contributed by atoms with E-state index in [-0.39, 0.29) is 12.3 Å². The van der Waals surface area contributed by atoms with Crippen molar-refractivity contribution in [2.75, 3.05) is 0 Å². The van der Waals surface area contributed by atoms with Crippen molar-refractivity contribution in [1.29, 1.82) is 0 Å². The molecule has 0 spiro atoms. The molecule has 0 heterocycles. The fraction of sp³-hybridized carbons (Fsp3) is 0.714. The van der Waals surface area contributed by atoms with E-state index in [0.29, 0.717) is 12.3 Å². The van der Waals surface area contributed by atoms with Crippen molar-refractivity contribution in [2.45, 2.75) is 51.9 Å². The maximum Gasteiger partial charge on any atom is 0.301 e. The van der Waals surface area contributed by atoms with Crippen LogP contribution in [0.4, 0.5) is 13.2 Å². The Morgan fingerprint density at radius 2 is 1.82 bits per heavy atom. The van der Waals surface area contributed by atoms with Gasteiger partial charge in [-0.3, -0.25) is 0 Å². The number of halogens is 3. The van der Waals surface area contributed by atoms with E-state index in [1.54, 1.807) is 6.92 Å². The number of rotatable bonds is 5. The molecule has 1 saturated carbocycles. The summed E-state index contributed by atoms with van der Waals surface area (Å²) in [7, 11) is 0. The van der Waals surface area contributed by atoms with Gasteiger partial charge in [-0.1, -0.05) is 38.3 Å². The summed E-state index contributed by atoms with van der Waals surface area (Å²) < 4.78 is 36.4. The molecule has 1 aliphatic rings. The van der Waals surface area contributed by atoms with Crippen LogP contribution in [0.1, 0.15) is 51.9 Å². The fourth-order valence-electron chi connectivity index (χ4n) is 2.30. The summed E-state index contributed by atoms with van der Waals surface area (Å²) in [6.07, 6.45) is 8.93. The zero-order valence-corrected chi connectivity index (χ0v) is 10.4. The van der Waals surface area contributed by atoms with Gasteiger partial charge in [-0.05, 0) is 31.1 Å². The third-order valence-corrected chi connectivity index (χ3v) is 3.33. The van der Waals surface area contributed by atoms with Gasteiger partial charge in [0.2, 0.25) is 0 Å². The van der Waals surface area contributed by atoms with Crippen LogP contribution >= 0.6 is 0 Å². The SMILES string of the molecule is CC(CC=CC1CCCCC1)CC(F)=C(F)F. The topological polar surface area (TPSA) is 0 Å². The molecule has 0 nitrogen and oxygen atoms in total. The monoisotopic (exact) mass is 246 g/mol. The summed E-state index contributed by atoms with van der Waals surface area (Å²) in [6.45, 7) is 1.80. The lowest BCUT2D eigenvalue weighted by Crippen LogP contribution is -2.02. The molecule has 1 fully saturated rings. The average molecular weight is 246 g/mol. The summed E-state index contributed by atoms with van der Waals surface area (Å²) in [5.74, 6) is -0.672. The maximum absolute atomic E-state index is 12.7. The van der Waals surface area contributed by atoms with E-state index in [0.717, 1.165) is 0 Å². The first kappa shape index (κ1) is 14.3. The van der Waals surface area contributed by atoms with Crippen LogP contribution in [0.5, 0.6) is 0 Å². The minimum atomic E-state index is -2.17. The van der Waals surface area contributed by atoms with E-state index in [4.69, 9.17) is 0 Å². The molecule has 17 heavy (non-hydrogen) atoms. The number of allylic oxidation sites excluding steroid dienone is 3. The molecule has 0 amide bonds. The van der Waals surface area contributed by atoms with Crippen LogP contribution in [0.15, 0.2) is 24.1 Å². The number of hydrogen-bond acceptors (Lipinski definition) is 0. The molecule has 1 rings (SSSR count). The molecule has 98 valence electrons. The molecule has 0 aromatic rings. The minimum Gasteiger partial charge on any atom is -0.206 e. The Morgan fingerprint density at radius 3 is 2.41 bits per heavy atom. The van der Waals surface area contributed by atoms with Gasteiger partial charge in [-0.15, -0.1) is 0 Å². The molecule has 0 radical (unpaired) electrons. The second-order valence-electron chi connectivity index (χ2n) is 5.04. The second kappa shape index (κ2) is 7.57. The highest BCUT2D eigenvalue weighted by molar-refractivity contribution is 4.95. The molecular formula is C14H21F3. The Balaban J connectivity index is 2.24. The van der Waals surface area contributed by atoms with Gasteiger partial charge in [0.15, 0.2) is 5.83 Å². The summed E-state index contributed by atoms with van der Waals surface area (Å²) in [5, 5.41) is 0. The zero-order valence-electron chi connectivity index (χ0n) is 10.4. The molecule has 0 bridgehead atoms. The van der Waals surface area contributed by atoms with E-state index in [9.17, 15) is 13.2 Å². The van der Waals surface area contributed by atoms with Crippen LogP contribution in [0.3, 0.4) is 0 Å². The Hall–Kier alpha value is -0.730. The van der Waals surface area contributed by atoms with Crippen LogP contribution in [0, 0.1) is 11.8 Å². The molecule has 1 aliphatic carbocycles. The second-order valence-corrected chi connectivity index (χ2v) is 5.04. The van der Waals surface area contributed by atoms with E-state index < -0.39 is 11.9 Å². The largest absolute Gasteiger partial charge is 0.301 e. The van der Waals surface area contributed by atoms with Crippen LogP contribution in [-0.4, -0.2) is 0 Å². The number of hydrogen-bond donors (Lipinski definition) is 0. The van der Waals surface area contributed by atoms with Crippen LogP contribution in [0.2, 0.25) is 0 Å². The summed E-state index contributed by atoms with van der Waals surface area (Å²) in [4.78, 5) is 0. The Morgan fingerprint density at radius 1 is 1.18 bits per heavy atom. The van der Waals surface area contributed by atoms with Crippen LogP contribution < -0.4 is 0 Å². The third kappa shape index (κ3) is 5.94. The standard InChI is InChI=1S/C14H21F3/c1-11(10-13(15)14(16)17)6-5-9-12-7-3-2-4-8-12/h5,9,11-12H,2-4,6-8,10H2,1H3. The van der Waals surface area contributed by atoms with Gasteiger partial charge < -0.3 is 0 Å². The van der Waals surface area contributed by atoms with Crippen molar-refractivity contribution in [3.05, 3.63) is 24.1 Å². The van der Waals surface area contributed by atoms with Crippen molar-refractivity contribution < 1.29 is 13.2 Å². The normalized spacial score (nSPS) is 19.5. The lowest BCUT2D eigenvalue weighted by Gasteiger charge is -2.18. The van der Waals surface area contributed by atoms with Gasteiger partial charge in [-0.25, -0.2) is 4.39 Å². The Bertz CT molecular complexity index is 271. The van der Waals surface area contributed by atoms with Crippen molar-refractivity contribution in [2.24, 2.45) is 11.8 Å². The van der Waals surface area contributed by atoms with Gasteiger partial charge >= 0.3 is 6.08 Å². The van der Waals surface area contributed by atoms with E-state index in [1.807, 2.05) is 6.08 Å². The molecular weight excluding hydrogens is 225 g/mol. The lowest BCUT2D eigenvalue weighted by atomic mass is 9.88. The first-order chi connectivity index (χ1) is 8.09. The van der Waals surface area contributed by atoms with E-state index >= 15 is 0 Å². The highest BCUT2D eigenvalue weighted by atomic mass is 19.3. The summed E-state index contributed by atoms with van der Waals surface area (Å²) in [5.41, 5.74) is 0. The fourth-order valence-corrected chi connectivity index (χ4v) is 2.30. The molecule has 1 atom stereocenters. The smallest absolute Gasteiger partial charge is 0.206 e. The quantitative estimate of drug-likeness (QED) is 0.552. The molecule has 0 N–H and O–H groups in total. The van der Waals surface area contributed by atoms with Crippen molar-refractivity contribution in [3.63, 3.8) is 0 Å². The van der Waals surface area contributed by atoms with Gasteiger partial charge in [-0.2, -0.15) is 8.78 Å². The molecule has 0 aliphatic heterocycles. The highest BCUT2D eigenvalue weighted by Gasteiger charge is 2.11. The van der Waals surface area contributed by atoms with E-state index in [2.05, 4.69) is 6.08 Å². The molecule has 3 heteroatoms.